The molecule has 5 heteroatoms. The van der Waals surface area contributed by atoms with Gasteiger partial charge in [0.15, 0.2) is 0 Å². The Hall–Kier alpha value is -1.43. The Morgan fingerprint density at radius 3 is 2.88 bits per heavy atom. The van der Waals surface area contributed by atoms with Crippen LogP contribution in [-0.2, 0) is 16.1 Å². The maximum atomic E-state index is 12.3. The third-order valence-electron chi connectivity index (χ3n) is 5.23. The third kappa shape index (κ3) is 4.35. The van der Waals surface area contributed by atoms with Gasteiger partial charge in [0, 0.05) is 25.1 Å². The molecule has 2 saturated heterocycles. The van der Waals surface area contributed by atoms with Gasteiger partial charge in [0.2, 0.25) is 5.91 Å². The smallest absolute Gasteiger partial charge is 0.234 e. The Morgan fingerprint density at radius 2 is 2.12 bits per heavy atom. The largest absolute Gasteiger partial charge is 0.393 e. The quantitative estimate of drug-likeness (QED) is 0.857. The molecular weight excluding hydrogens is 304 g/mol. The van der Waals surface area contributed by atoms with Gasteiger partial charge in [-0.1, -0.05) is 29.8 Å². The van der Waals surface area contributed by atoms with Crippen molar-refractivity contribution >= 4 is 5.91 Å². The first kappa shape index (κ1) is 17.4. The van der Waals surface area contributed by atoms with E-state index in [0.29, 0.717) is 32.7 Å². The number of nitrogens with one attached hydrogen (secondary N) is 1. The molecule has 2 aliphatic rings. The highest BCUT2D eigenvalue weighted by molar-refractivity contribution is 5.78. The van der Waals surface area contributed by atoms with Crippen molar-refractivity contribution in [1.82, 2.24) is 10.2 Å². The molecule has 0 aliphatic carbocycles. The Balaban J connectivity index is 1.50. The van der Waals surface area contributed by atoms with E-state index in [-0.39, 0.29) is 24.0 Å². The number of amides is 1. The molecular formula is C19H28N2O3. The van der Waals surface area contributed by atoms with Crippen LogP contribution in [0.5, 0.6) is 0 Å². The molecule has 0 radical (unpaired) electrons. The van der Waals surface area contributed by atoms with Gasteiger partial charge < -0.3 is 15.2 Å². The van der Waals surface area contributed by atoms with Crippen molar-refractivity contribution in [1.29, 1.82) is 0 Å². The Kier molecular flexibility index (Phi) is 5.87. The van der Waals surface area contributed by atoms with Crippen LogP contribution in [0, 0.1) is 12.8 Å². The minimum absolute atomic E-state index is 0.0497. The summed E-state index contributed by atoms with van der Waals surface area (Å²) < 4.78 is 5.55. The highest BCUT2D eigenvalue weighted by atomic mass is 16.5. The van der Waals surface area contributed by atoms with Crippen molar-refractivity contribution in [2.75, 3.05) is 26.3 Å². The summed E-state index contributed by atoms with van der Waals surface area (Å²) in [7, 11) is 0. The van der Waals surface area contributed by atoms with Crippen molar-refractivity contribution in [3.05, 3.63) is 35.4 Å². The van der Waals surface area contributed by atoms with Crippen LogP contribution in [0.2, 0.25) is 0 Å². The van der Waals surface area contributed by atoms with E-state index in [1.165, 1.54) is 5.56 Å². The molecule has 3 unspecified atom stereocenters. The Labute approximate surface area is 144 Å². The molecule has 24 heavy (non-hydrogen) atoms. The third-order valence-corrected chi connectivity index (χ3v) is 5.23. The molecule has 0 saturated carbocycles. The van der Waals surface area contributed by atoms with Gasteiger partial charge in [-0.2, -0.15) is 0 Å². The predicted octanol–water partition coefficient (Wildman–Crippen LogP) is 1.47. The number of likely N-dealkylation sites (tertiary alicyclic amines) is 1. The lowest BCUT2D eigenvalue weighted by atomic mass is 9.89. The maximum Gasteiger partial charge on any atom is 0.234 e. The minimum Gasteiger partial charge on any atom is -0.393 e. The van der Waals surface area contributed by atoms with Crippen molar-refractivity contribution in [3.63, 3.8) is 0 Å². The minimum atomic E-state index is -0.306. The molecule has 0 aromatic heterocycles. The summed E-state index contributed by atoms with van der Waals surface area (Å²) in [5.74, 6) is 0.180. The van der Waals surface area contributed by atoms with Gasteiger partial charge in [0.1, 0.15) is 0 Å². The number of hydrogen-bond donors (Lipinski definition) is 2. The fourth-order valence-electron chi connectivity index (χ4n) is 3.80. The van der Waals surface area contributed by atoms with Gasteiger partial charge in [-0.05, 0) is 38.3 Å². The van der Waals surface area contributed by atoms with Gasteiger partial charge in [-0.15, -0.1) is 0 Å². The number of benzene rings is 1. The van der Waals surface area contributed by atoms with E-state index in [1.54, 1.807) is 0 Å². The standard InChI is InChI=1S/C19H28N2O3/c1-14-4-6-15(7-5-14)11-20-19(23)12-21-9-2-3-17(21)16-13-24-10-8-18(16)22/h4-7,16-18,22H,2-3,8-13H2,1H3,(H,20,23). The van der Waals surface area contributed by atoms with Gasteiger partial charge in [-0.3, -0.25) is 9.69 Å². The number of carbonyl (C=O) groups is 1. The lowest BCUT2D eigenvalue weighted by Crippen LogP contribution is -2.48. The van der Waals surface area contributed by atoms with Crippen LogP contribution >= 0.6 is 0 Å². The zero-order chi connectivity index (χ0) is 16.9. The number of aryl methyl sites for hydroxylation is 1. The average Bonchev–Trinajstić information content (AvgIpc) is 3.02. The van der Waals surface area contributed by atoms with E-state index in [1.807, 2.05) is 12.1 Å². The van der Waals surface area contributed by atoms with Crippen LogP contribution in [0.15, 0.2) is 24.3 Å². The zero-order valence-corrected chi connectivity index (χ0v) is 14.4. The molecule has 1 amide bonds. The van der Waals surface area contributed by atoms with Gasteiger partial charge in [0.05, 0.1) is 19.3 Å². The molecule has 3 atom stereocenters. The Bertz CT molecular complexity index is 546. The van der Waals surface area contributed by atoms with Crippen molar-refractivity contribution < 1.29 is 14.6 Å². The van der Waals surface area contributed by atoms with Gasteiger partial charge in [0.25, 0.3) is 0 Å². The fourth-order valence-corrected chi connectivity index (χ4v) is 3.80. The summed E-state index contributed by atoms with van der Waals surface area (Å²) in [6.07, 6.45) is 2.52. The van der Waals surface area contributed by atoms with Crippen molar-refractivity contribution in [2.45, 2.75) is 44.9 Å². The predicted molar refractivity (Wildman–Crippen MR) is 92.6 cm³/mol. The van der Waals surface area contributed by atoms with Crippen LogP contribution in [0.25, 0.3) is 0 Å². The molecule has 2 heterocycles. The van der Waals surface area contributed by atoms with Gasteiger partial charge in [-0.25, -0.2) is 0 Å². The summed E-state index contributed by atoms with van der Waals surface area (Å²) >= 11 is 0. The van der Waals surface area contributed by atoms with E-state index in [4.69, 9.17) is 4.74 Å². The number of carbonyl (C=O) groups excluding carboxylic acids is 1. The summed E-state index contributed by atoms with van der Waals surface area (Å²) in [4.78, 5) is 14.5. The summed E-state index contributed by atoms with van der Waals surface area (Å²) in [5, 5.41) is 13.3. The summed E-state index contributed by atoms with van der Waals surface area (Å²) in [6, 6.07) is 8.46. The van der Waals surface area contributed by atoms with E-state index < -0.39 is 0 Å². The van der Waals surface area contributed by atoms with Crippen LogP contribution in [0.4, 0.5) is 0 Å². The van der Waals surface area contributed by atoms with E-state index in [0.717, 1.165) is 24.9 Å². The topological polar surface area (TPSA) is 61.8 Å². The first-order chi connectivity index (χ1) is 11.6. The molecule has 2 aliphatic heterocycles. The monoisotopic (exact) mass is 332 g/mol. The molecule has 132 valence electrons. The van der Waals surface area contributed by atoms with Crippen molar-refractivity contribution in [3.8, 4) is 0 Å². The number of nitrogens with zero attached hydrogens (tertiary/aromatic N) is 1. The molecule has 0 spiro atoms. The zero-order valence-electron chi connectivity index (χ0n) is 14.4. The molecule has 1 aromatic rings. The lowest BCUT2D eigenvalue weighted by molar-refractivity contribution is -0.124. The normalized spacial score (nSPS) is 28.0. The first-order valence-electron chi connectivity index (χ1n) is 8.95. The SMILES string of the molecule is Cc1ccc(CNC(=O)CN2CCCC2C2COCCC2O)cc1. The molecule has 5 nitrogen and oxygen atoms in total. The van der Waals surface area contributed by atoms with E-state index in [9.17, 15) is 9.90 Å². The fraction of sp³-hybridized carbons (Fsp3) is 0.632. The number of hydrogen-bond acceptors (Lipinski definition) is 4. The van der Waals surface area contributed by atoms with Crippen LogP contribution in [0.1, 0.15) is 30.4 Å². The highest BCUT2D eigenvalue weighted by Crippen LogP contribution is 2.29. The molecule has 2 fully saturated rings. The first-order valence-corrected chi connectivity index (χ1v) is 8.95. The number of rotatable bonds is 5. The molecule has 3 rings (SSSR count). The summed E-state index contributed by atoms with van der Waals surface area (Å²) in [5.41, 5.74) is 2.33. The highest BCUT2D eigenvalue weighted by Gasteiger charge is 2.37. The van der Waals surface area contributed by atoms with E-state index in [2.05, 4.69) is 29.3 Å². The number of ether oxygens (including phenoxy) is 1. The molecule has 2 N–H and O–H groups in total. The number of aliphatic hydroxyl groups excluding tert-OH is 1. The molecule has 0 bridgehead atoms. The second-order valence-electron chi connectivity index (χ2n) is 7.04. The van der Waals surface area contributed by atoms with E-state index >= 15 is 0 Å². The average molecular weight is 332 g/mol. The Morgan fingerprint density at radius 1 is 1.33 bits per heavy atom. The number of aliphatic hydroxyl groups is 1. The maximum absolute atomic E-state index is 12.3. The van der Waals surface area contributed by atoms with Crippen LogP contribution in [-0.4, -0.2) is 54.4 Å². The second kappa shape index (κ2) is 8.10. The second-order valence-corrected chi connectivity index (χ2v) is 7.04. The van der Waals surface area contributed by atoms with Crippen LogP contribution in [0.3, 0.4) is 0 Å². The van der Waals surface area contributed by atoms with Crippen LogP contribution < -0.4 is 5.32 Å². The van der Waals surface area contributed by atoms with Crippen molar-refractivity contribution in [2.24, 2.45) is 5.92 Å². The lowest BCUT2D eigenvalue weighted by Gasteiger charge is -2.36. The molecule has 1 aromatic carbocycles. The summed E-state index contributed by atoms with van der Waals surface area (Å²) in [6.45, 7) is 5.19. The van der Waals surface area contributed by atoms with Gasteiger partial charge >= 0.3 is 0 Å².